The second-order valence-electron chi connectivity index (χ2n) is 10.9. The Hall–Kier alpha value is -5.64. The van der Waals surface area contributed by atoms with E-state index in [1.54, 1.807) is 0 Å². The number of rotatable bonds is 1. The van der Waals surface area contributed by atoms with E-state index in [2.05, 4.69) is 144 Å². The summed E-state index contributed by atoms with van der Waals surface area (Å²) in [5.74, 6) is 0. The number of benzene rings is 7. The van der Waals surface area contributed by atoms with E-state index in [1.807, 2.05) is 89.3 Å². The molecule has 0 atom stereocenters. The van der Waals surface area contributed by atoms with Crippen LogP contribution in [0.3, 0.4) is 0 Å². The zero-order valence-corrected chi connectivity index (χ0v) is 31.3. The SMILES string of the molecule is CC.CC.CC.c1ccc(-n2c3ccccc3c3ccccc32)cc1.c1ccc2c(c1)oc1ccccc12.c1ccc2c(c1)sc1ccccc12. The van der Waals surface area contributed by atoms with E-state index in [9.17, 15) is 0 Å². The van der Waals surface area contributed by atoms with Crippen LogP contribution >= 0.6 is 11.3 Å². The fraction of sp³-hybridized carbons (Fsp3) is 0.125. The lowest BCUT2D eigenvalue weighted by atomic mass is 10.2. The molecule has 10 rings (SSSR count). The Balaban J connectivity index is 0.000000141. The molecular weight excluding hydrogens is 639 g/mol. The lowest BCUT2D eigenvalue weighted by molar-refractivity contribution is 0.669. The molecule has 51 heavy (non-hydrogen) atoms. The van der Waals surface area contributed by atoms with Gasteiger partial charge >= 0.3 is 0 Å². The molecule has 0 fully saturated rings. The molecule has 10 aromatic rings. The van der Waals surface area contributed by atoms with Gasteiger partial charge < -0.3 is 8.98 Å². The smallest absolute Gasteiger partial charge is 0.135 e. The highest BCUT2D eigenvalue weighted by Gasteiger charge is 2.10. The molecular formula is C48H47NOS. The van der Waals surface area contributed by atoms with Crippen LogP contribution in [0.25, 0.3) is 69.6 Å². The number of fused-ring (bicyclic) bond motifs is 9. The van der Waals surface area contributed by atoms with Gasteiger partial charge in [0.05, 0.1) is 11.0 Å². The van der Waals surface area contributed by atoms with Crippen molar-refractivity contribution in [2.24, 2.45) is 0 Å². The molecule has 3 heterocycles. The predicted octanol–water partition coefficient (Wildman–Crippen LogP) is 15.5. The van der Waals surface area contributed by atoms with Crippen LogP contribution in [0.2, 0.25) is 0 Å². The summed E-state index contributed by atoms with van der Waals surface area (Å²) in [7, 11) is 0. The van der Waals surface area contributed by atoms with Crippen LogP contribution in [0.1, 0.15) is 41.5 Å². The Labute approximate surface area is 306 Å². The minimum Gasteiger partial charge on any atom is -0.456 e. The van der Waals surface area contributed by atoms with Gasteiger partial charge in [-0.3, -0.25) is 0 Å². The molecule has 3 aromatic heterocycles. The molecule has 0 radical (unpaired) electrons. The van der Waals surface area contributed by atoms with Gasteiger partial charge in [0.15, 0.2) is 0 Å². The fourth-order valence-electron chi connectivity index (χ4n) is 6.13. The first-order valence-electron chi connectivity index (χ1n) is 18.1. The summed E-state index contributed by atoms with van der Waals surface area (Å²) in [5, 5.41) is 7.76. The fourth-order valence-corrected chi connectivity index (χ4v) is 7.23. The van der Waals surface area contributed by atoms with Gasteiger partial charge in [0, 0.05) is 47.4 Å². The minimum absolute atomic E-state index is 0.962. The number of aromatic nitrogens is 1. The third-order valence-electron chi connectivity index (χ3n) is 8.16. The predicted molar refractivity (Wildman–Crippen MR) is 228 cm³/mol. The summed E-state index contributed by atoms with van der Waals surface area (Å²) in [6, 6.07) is 61.0. The Morgan fingerprint density at radius 3 is 1.12 bits per heavy atom. The van der Waals surface area contributed by atoms with Gasteiger partial charge in [0.2, 0.25) is 0 Å². The molecule has 0 saturated heterocycles. The number of hydrogen-bond acceptors (Lipinski definition) is 2. The summed E-state index contributed by atoms with van der Waals surface area (Å²) in [6.07, 6.45) is 0. The summed E-state index contributed by atoms with van der Waals surface area (Å²) >= 11 is 1.86. The molecule has 0 aliphatic heterocycles. The van der Waals surface area contributed by atoms with Crippen LogP contribution in [-0.2, 0) is 0 Å². The van der Waals surface area contributed by atoms with E-state index in [4.69, 9.17) is 4.42 Å². The average molecular weight is 686 g/mol. The second kappa shape index (κ2) is 18.4. The van der Waals surface area contributed by atoms with Gasteiger partial charge in [-0.05, 0) is 48.5 Å². The molecule has 0 aliphatic rings. The van der Waals surface area contributed by atoms with E-state index >= 15 is 0 Å². The molecule has 0 N–H and O–H groups in total. The molecule has 256 valence electrons. The van der Waals surface area contributed by atoms with E-state index in [-0.39, 0.29) is 0 Å². The zero-order valence-electron chi connectivity index (χ0n) is 30.5. The van der Waals surface area contributed by atoms with Gasteiger partial charge in [-0.25, -0.2) is 0 Å². The maximum Gasteiger partial charge on any atom is 0.135 e. The molecule has 0 unspecified atom stereocenters. The Bertz CT molecular complexity index is 2290. The van der Waals surface area contributed by atoms with E-state index in [0.29, 0.717) is 0 Å². The third-order valence-corrected chi connectivity index (χ3v) is 9.31. The quantitative estimate of drug-likeness (QED) is 0.168. The van der Waals surface area contributed by atoms with E-state index in [1.165, 1.54) is 58.4 Å². The van der Waals surface area contributed by atoms with Crippen LogP contribution in [0, 0.1) is 0 Å². The van der Waals surface area contributed by atoms with Crippen molar-refractivity contribution in [3.05, 3.63) is 176 Å². The summed E-state index contributed by atoms with van der Waals surface area (Å²) < 4.78 is 10.7. The molecule has 0 aliphatic carbocycles. The van der Waals surface area contributed by atoms with Gasteiger partial charge in [0.1, 0.15) is 11.2 Å². The maximum atomic E-state index is 5.65. The van der Waals surface area contributed by atoms with Crippen molar-refractivity contribution < 1.29 is 4.42 Å². The summed E-state index contributed by atoms with van der Waals surface area (Å²) in [4.78, 5) is 0. The zero-order chi connectivity index (χ0) is 36.0. The first-order valence-corrected chi connectivity index (χ1v) is 18.9. The monoisotopic (exact) mass is 685 g/mol. The van der Waals surface area contributed by atoms with Gasteiger partial charge in [-0.15, -0.1) is 11.3 Å². The Morgan fingerprint density at radius 1 is 0.333 bits per heavy atom. The number of hydrogen-bond donors (Lipinski definition) is 0. The lowest BCUT2D eigenvalue weighted by Gasteiger charge is -2.06. The van der Waals surface area contributed by atoms with Crippen molar-refractivity contribution >= 4 is 75.3 Å². The van der Waals surface area contributed by atoms with Crippen molar-refractivity contribution in [2.75, 3.05) is 0 Å². The molecule has 0 saturated carbocycles. The number of thiophene rings is 1. The Morgan fingerprint density at radius 2 is 0.667 bits per heavy atom. The molecule has 3 heteroatoms. The number of nitrogens with zero attached hydrogens (tertiary/aromatic N) is 1. The van der Waals surface area contributed by atoms with Crippen LogP contribution in [0.4, 0.5) is 0 Å². The first kappa shape index (κ1) is 36.6. The van der Waals surface area contributed by atoms with Gasteiger partial charge in [-0.1, -0.05) is 169 Å². The number of para-hydroxylation sites is 5. The van der Waals surface area contributed by atoms with E-state index < -0.39 is 0 Å². The highest BCUT2D eigenvalue weighted by Crippen LogP contribution is 2.33. The van der Waals surface area contributed by atoms with Crippen molar-refractivity contribution in [3.8, 4) is 5.69 Å². The van der Waals surface area contributed by atoms with Gasteiger partial charge in [0.25, 0.3) is 0 Å². The molecule has 7 aromatic carbocycles. The maximum absolute atomic E-state index is 5.65. The first-order chi connectivity index (χ1) is 25.3. The molecule has 0 spiro atoms. The number of furan rings is 1. The summed E-state index contributed by atoms with van der Waals surface area (Å²) in [6.45, 7) is 12.0. The van der Waals surface area contributed by atoms with Crippen LogP contribution in [0.15, 0.2) is 180 Å². The largest absolute Gasteiger partial charge is 0.456 e. The van der Waals surface area contributed by atoms with Crippen LogP contribution in [-0.4, -0.2) is 4.57 Å². The highest BCUT2D eigenvalue weighted by molar-refractivity contribution is 7.25. The molecule has 0 bridgehead atoms. The summed E-state index contributed by atoms with van der Waals surface area (Å²) in [5.41, 5.74) is 5.65. The highest BCUT2D eigenvalue weighted by atomic mass is 32.1. The second-order valence-corrected chi connectivity index (χ2v) is 12.0. The van der Waals surface area contributed by atoms with Gasteiger partial charge in [-0.2, -0.15) is 0 Å². The van der Waals surface area contributed by atoms with E-state index in [0.717, 1.165) is 11.2 Å². The lowest BCUT2D eigenvalue weighted by Crippen LogP contribution is -1.92. The van der Waals surface area contributed by atoms with Crippen LogP contribution < -0.4 is 0 Å². The third kappa shape index (κ3) is 7.90. The normalized spacial score (nSPS) is 10.2. The van der Waals surface area contributed by atoms with Crippen molar-refractivity contribution in [1.29, 1.82) is 0 Å². The topological polar surface area (TPSA) is 18.1 Å². The standard InChI is InChI=1S/C18H13N.C12H8O.C12H8S.3C2H6/c1-2-8-14(9-3-1)19-17-12-6-4-10-15(17)16-11-5-7-13-18(16)19;2*1-3-7-11-9(5-1)10-6-2-4-8-12(10)13-11;3*1-2/h1-13H;2*1-8H;3*1-2H3. The molecule has 0 amide bonds. The average Bonchev–Trinajstić information content (AvgIpc) is 3.91. The van der Waals surface area contributed by atoms with Crippen molar-refractivity contribution in [2.45, 2.75) is 41.5 Å². The minimum atomic E-state index is 0.962. The van der Waals surface area contributed by atoms with Crippen molar-refractivity contribution in [3.63, 3.8) is 0 Å². The van der Waals surface area contributed by atoms with Crippen LogP contribution in [0.5, 0.6) is 0 Å². The van der Waals surface area contributed by atoms with Crippen molar-refractivity contribution in [1.82, 2.24) is 4.57 Å². The Kier molecular flexibility index (Phi) is 13.2. The molecule has 2 nitrogen and oxygen atoms in total.